The van der Waals surface area contributed by atoms with Gasteiger partial charge in [0, 0.05) is 22.5 Å². The van der Waals surface area contributed by atoms with Crippen LogP contribution in [0.15, 0.2) is 92.8 Å². The van der Waals surface area contributed by atoms with Crippen molar-refractivity contribution in [1.29, 1.82) is 0 Å². The van der Waals surface area contributed by atoms with Gasteiger partial charge in [0.05, 0.1) is 33.6 Å². The Morgan fingerprint density at radius 1 is 0.500 bits per heavy atom. The van der Waals surface area contributed by atoms with Crippen molar-refractivity contribution in [3.8, 4) is 0 Å². The molecule has 0 atom stereocenters. The molecule has 0 saturated carbocycles. The Bertz CT molecular complexity index is 2890. The zero-order chi connectivity index (χ0) is 45.4. The zero-order valence-electron chi connectivity index (χ0n) is 30.5. The van der Waals surface area contributed by atoms with E-state index < -0.39 is 105 Å². The fourth-order valence-electron chi connectivity index (χ4n) is 5.87. The van der Waals surface area contributed by atoms with E-state index in [0.717, 1.165) is 72.8 Å². The highest BCUT2D eigenvalue weighted by Gasteiger charge is 2.35. The topological polar surface area (TPSA) is 382 Å². The van der Waals surface area contributed by atoms with Crippen molar-refractivity contribution in [1.82, 2.24) is 0 Å². The fourth-order valence-corrected chi connectivity index (χ4v) is 7.19. The number of fused-ring (bicyclic) bond motifs is 2. The molecule has 4 aromatic carbocycles. The minimum Gasteiger partial charge on any atom is -0.478 e. The van der Waals surface area contributed by atoms with Gasteiger partial charge >= 0.3 is 29.9 Å². The predicted molar refractivity (Wildman–Crippen MR) is 216 cm³/mol. The van der Waals surface area contributed by atoms with E-state index in [0.29, 0.717) is 0 Å². The quantitative estimate of drug-likeness (QED) is 0.0712. The normalized spacial score (nSPS) is 14.8. The summed E-state index contributed by atoms with van der Waals surface area (Å²) in [7, 11) is -10.4. The monoisotopic (exact) mass is 888 g/mol. The molecular formula is C37H24N6O17S2. The first kappa shape index (κ1) is 43.2. The molecule has 0 heterocycles. The number of nitrogens with zero attached hydrogens (tertiary/aromatic N) is 2. The molecule has 6 rings (SSSR count). The summed E-state index contributed by atoms with van der Waals surface area (Å²) in [6, 6.07) is 11.6. The van der Waals surface area contributed by atoms with Gasteiger partial charge in [-0.15, -0.1) is 0 Å². The van der Waals surface area contributed by atoms with E-state index in [1.54, 1.807) is 0 Å². The fraction of sp³-hybridized carbons (Fsp3) is 0. The van der Waals surface area contributed by atoms with Crippen LogP contribution in [0.2, 0.25) is 0 Å². The summed E-state index contributed by atoms with van der Waals surface area (Å²) in [6.45, 7) is 0. The highest BCUT2D eigenvalue weighted by Crippen LogP contribution is 2.31. The number of carbonyl (C=O) groups is 7. The average molecular weight is 889 g/mol. The number of urea groups is 1. The van der Waals surface area contributed by atoms with Gasteiger partial charge in [-0.2, -0.15) is 27.0 Å². The molecule has 0 spiro atoms. The highest BCUT2D eigenvalue weighted by atomic mass is 32.2. The molecule has 0 aromatic heterocycles. The van der Waals surface area contributed by atoms with Crippen LogP contribution in [0.4, 0.5) is 27.5 Å². The average Bonchev–Trinajstić information content (AvgIpc) is 3.18. The van der Waals surface area contributed by atoms with Crippen LogP contribution in [0.25, 0.3) is 12.2 Å². The highest BCUT2D eigenvalue weighted by molar-refractivity contribution is 7.91. The molecule has 0 bridgehead atoms. The number of allylic oxidation sites excluding steroid dienone is 2. The van der Waals surface area contributed by atoms with Crippen LogP contribution in [0.5, 0.6) is 0 Å². The first-order valence-electron chi connectivity index (χ1n) is 16.8. The van der Waals surface area contributed by atoms with Crippen molar-refractivity contribution >= 4 is 108 Å². The van der Waals surface area contributed by atoms with Gasteiger partial charge in [-0.25, -0.2) is 24.0 Å². The SMILES string of the molecule is O=C(Nc1ccc2c(c1)C=C(S(=O)(=O)O)/C(=N/Nc1cc(C(=O)O)ccc1C(=O)O)C2=O)Nc1ccc2c(c1)C=C(S(=O)(=O)O)/C(=N/Nc1cc(C(=O)O)ccc1C(=O)O)C2=O. The third kappa shape index (κ3) is 8.94. The second kappa shape index (κ2) is 16.3. The molecule has 0 aliphatic heterocycles. The molecule has 23 nitrogen and oxygen atoms in total. The maximum absolute atomic E-state index is 13.5. The van der Waals surface area contributed by atoms with Crippen LogP contribution in [0, 0.1) is 0 Å². The van der Waals surface area contributed by atoms with E-state index in [-0.39, 0.29) is 44.8 Å². The summed E-state index contributed by atoms with van der Waals surface area (Å²) in [5.74, 6) is -8.12. The lowest BCUT2D eigenvalue weighted by molar-refractivity contribution is 0.0682. The lowest BCUT2D eigenvalue weighted by Crippen LogP contribution is -2.28. The second-order valence-corrected chi connectivity index (χ2v) is 15.5. The minimum atomic E-state index is -5.21. The number of ketones is 2. The van der Waals surface area contributed by atoms with Crippen LogP contribution in [-0.2, 0) is 20.2 Å². The van der Waals surface area contributed by atoms with E-state index in [1.807, 2.05) is 0 Å². The van der Waals surface area contributed by atoms with Gasteiger partial charge in [0.2, 0.25) is 11.6 Å². The summed E-state index contributed by atoms with van der Waals surface area (Å²) >= 11 is 0. The molecule has 0 saturated heterocycles. The molecule has 62 heavy (non-hydrogen) atoms. The third-order valence-corrected chi connectivity index (χ3v) is 10.4. The maximum atomic E-state index is 13.5. The smallest absolute Gasteiger partial charge is 0.337 e. The van der Waals surface area contributed by atoms with Gasteiger partial charge in [-0.3, -0.25) is 29.5 Å². The Kier molecular flexibility index (Phi) is 11.4. The molecule has 0 unspecified atom stereocenters. The number of hydrazone groups is 2. The molecule has 2 aliphatic carbocycles. The van der Waals surface area contributed by atoms with Crippen molar-refractivity contribution in [3.05, 3.63) is 127 Å². The Morgan fingerprint density at radius 3 is 1.19 bits per heavy atom. The number of carbonyl (C=O) groups excluding carboxylic acids is 3. The Balaban J connectivity index is 1.24. The number of benzene rings is 4. The Morgan fingerprint density at radius 2 is 0.871 bits per heavy atom. The molecule has 25 heteroatoms. The molecule has 10 N–H and O–H groups in total. The number of hydrogen-bond donors (Lipinski definition) is 10. The van der Waals surface area contributed by atoms with Gasteiger partial charge in [-0.05, 0) is 96.1 Å². The van der Waals surface area contributed by atoms with Gasteiger partial charge in [0.1, 0.15) is 9.81 Å². The molecule has 0 fully saturated rings. The van der Waals surface area contributed by atoms with Gasteiger partial charge < -0.3 is 31.1 Å². The number of anilines is 4. The lowest BCUT2D eigenvalue weighted by Gasteiger charge is -2.18. The zero-order valence-corrected chi connectivity index (χ0v) is 32.1. The number of carboxylic acid groups (broad SMARTS) is 4. The van der Waals surface area contributed by atoms with E-state index in [4.69, 9.17) is 0 Å². The summed E-state index contributed by atoms with van der Waals surface area (Å²) in [5, 5.41) is 49.8. The molecule has 4 aromatic rings. The van der Waals surface area contributed by atoms with Crippen LogP contribution in [-0.4, -0.2) is 99.3 Å². The van der Waals surface area contributed by atoms with Crippen LogP contribution < -0.4 is 21.5 Å². The molecular weight excluding hydrogens is 865 g/mol. The number of amides is 2. The maximum Gasteiger partial charge on any atom is 0.337 e. The van der Waals surface area contributed by atoms with E-state index in [1.165, 1.54) is 12.1 Å². The van der Waals surface area contributed by atoms with Crippen LogP contribution in [0.3, 0.4) is 0 Å². The summed E-state index contributed by atoms with van der Waals surface area (Å²) < 4.78 is 69.4. The van der Waals surface area contributed by atoms with Gasteiger partial charge in [0.15, 0.2) is 11.4 Å². The van der Waals surface area contributed by atoms with Crippen LogP contribution in [0.1, 0.15) is 73.3 Å². The number of aromatic carboxylic acids is 4. The molecule has 2 amide bonds. The van der Waals surface area contributed by atoms with Crippen molar-refractivity contribution in [2.45, 2.75) is 0 Å². The van der Waals surface area contributed by atoms with Crippen LogP contribution >= 0.6 is 0 Å². The Hall–Kier alpha value is -8.39. The number of rotatable bonds is 12. The number of carboxylic acids is 4. The van der Waals surface area contributed by atoms with E-state index in [2.05, 4.69) is 31.7 Å². The first-order valence-corrected chi connectivity index (χ1v) is 19.6. The van der Waals surface area contributed by atoms with Gasteiger partial charge in [0.25, 0.3) is 20.2 Å². The molecule has 316 valence electrons. The molecule has 0 radical (unpaired) electrons. The standard InChI is InChI=1S/C37H24N6O17S2/c44-31-21-7-3-19(9-17(21)13-27(61(55,56)57)29(31)42-40-25-11-15(33(46)47)1-5-23(25)35(50)51)38-37(54)39-20-4-8-22-18(10-20)14-28(62(58,59)60)30(32(22)45)43-41-26-12-16(34(48)49)2-6-24(26)36(52)53/h1-14,40-41H,(H,46,47)(H,48,49)(H,50,51)(H,52,53)(H2,38,39,54)(H,55,56,57)(H,58,59,60)/b42-29-,43-30-. The lowest BCUT2D eigenvalue weighted by atomic mass is 9.94. The third-order valence-electron chi connectivity index (χ3n) is 8.70. The van der Waals surface area contributed by atoms with Crippen molar-refractivity contribution in [2.75, 3.05) is 21.5 Å². The van der Waals surface area contributed by atoms with Crippen molar-refractivity contribution in [2.24, 2.45) is 10.2 Å². The number of hydrogen-bond acceptors (Lipinski definition) is 15. The molecule has 2 aliphatic rings. The largest absolute Gasteiger partial charge is 0.478 e. The van der Waals surface area contributed by atoms with E-state index in [9.17, 15) is 79.9 Å². The van der Waals surface area contributed by atoms with E-state index >= 15 is 0 Å². The van der Waals surface area contributed by atoms with Crippen molar-refractivity contribution < 1.29 is 79.9 Å². The summed E-state index contributed by atoms with van der Waals surface area (Å²) in [4.78, 5) is 84.1. The summed E-state index contributed by atoms with van der Waals surface area (Å²) in [5.41, 5.74) is -0.860. The first-order chi connectivity index (χ1) is 29.0. The second-order valence-electron chi connectivity index (χ2n) is 12.7. The minimum absolute atomic E-state index is 0.0509. The number of nitrogens with one attached hydrogen (secondary N) is 4. The Labute approximate surface area is 345 Å². The van der Waals surface area contributed by atoms with Crippen molar-refractivity contribution in [3.63, 3.8) is 0 Å². The predicted octanol–water partition coefficient (Wildman–Crippen LogP) is 3.91. The van der Waals surface area contributed by atoms with Gasteiger partial charge in [-0.1, -0.05) is 0 Å². The number of Topliss-reactive ketones (excluding diaryl/α,β-unsaturated/α-hetero) is 2. The summed E-state index contributed by atoms with van der Waals surface area (Å²) in [6.07, 6.45) is 1.65.